The Morgan fingerprint density at radius 2 is 1.93 bits per heavy atom. The summed E-state index contributed by atoms with van der Waals surface area (Å²) in [5.74, 6) is -4.45. The summed E-state index contributed by atoms with van der Waals surface area (Å²) < 4.78 is 82.9. The highest BCUT2D eigenvalue weighted by molar-refractivity contribution is 7.87. The molecule has 4 aliphatic rings. The first-order chi connectivity index (χ1) is 12.5. The molecule has 1 N–H and O–H groups in total. The molecule has 3 saturated heterocycles. The number of ether oxygens (including phenoxy) is 5. The number of alkyl halides is 2. The van der Waals surface area contributed by atoms with Crippen molar-refractivity contribution in [1.82, 2.24) is 0 Å². The van der Waals surface area contributed by atoms with Gasteiger partial charge in [0.1, 0.15) is 30.8 Å². The van der Waals surface area contributed by atoms with Crippen LogP contribution in [0, 0.1) is 5.92 Å². The number of esters is 2. The highest BCUT2D eigenvalue weighted by atomic mass is 32.2. The van der Waals surface area contributed by atoms with Crippen LogP contribution >= 0.6 is 0 Å². The Kier molecular flexibility index (Phi) is 4.24. The third-order valence-corrected chi connectivity index (χ3v) is 6.02. The van der Waals surface area contributed by atoms with Crippen molar-refractivity contribution < 1.29 is 55.0 Å². The maximum atomic E-state index is 13.3. The van der Waals surface area contributed by atoms with Gasteiger partial charge < -0.3 is 23.7 Å². The summed E-state index contributed by atoms with van der Waals surface area (Å²) in [4.78, 5) is 23.1. The second-order valence-electron chi connectivity index (χ2n) is 6.91. The van der Waals surface area contributed by atoms with Gasteiger partial charge in [0.05, 0.1) is 0 Å². The molecule has 1 aliphatic carbocycles. The van der Waals surface area contributed by atoms with E-state index in [2.05, 4.69) is 4.74 Å². The Bertz CT molecular complexity index is 760. The highest BCUT2D eigenvalue weighted by Gasteiger charge is 2.63. The number of halogens is 2. The number of cyclic esters (lactones) is 1. The molecule has 1 spiro atoms. The van der Waals surface area contributed by atoms with Gasteiger partial charge >= 0.3 is 27.3 Å². The summed E-state index contributed by atoms with van der Waals surface area (Å²) in [5, 5.41) is -5.04. The molecule has 0 amide bonds. The van der Waals surface area contributed by atoms with Gasteiger partial charge in [0, 0.05) is 12.8 Å². The lowest BCUT2D eigenvalue weighted by Crippen LogP contribution is -2.44. The quantitative estimate of drug-likeness (QED) is 0.495. The fourth-order valence-corrected chi connectivity index (χ4v) is 4.08. The standard InChI is InChI=1S/C14H16F2O10S/c15-14(16,27(19,20)21)12(18)23-6-1-3-13(4-2-6)25-9-8-7(5-22-10(8)17)24-11(9)26-13/h6-9,11H,1-5H2,(H,19,20,21). The monoisotopic (exact) mass is 414 g/mol. The Labute approximate surface area is 151 Å². The van der Waals surface area contributed by atoms with Crippen LogP contribution < -0.4 is 0 Å². The van der Waals surface area contributed by atoms with Crippen LogP contribution in [0.2, 0.25) is 0 Å². The van der Waals surface area contributed by atoms with Crippen LogP contribution in [0.1, 0.15) is 25.7 Å². The molecule has 1 saturated carbocycles. The van der Waals surface area contributed by atoms with Crippen LogP contribution in [0.25, 0.3) is 0 Å². The average Bonchev–Trinajstić information content (AvgIpc) is 3.19. The molecule has 3 aliphatic heterocycles. The number of carbonyl (C=O) groups excluding carboxylic acids is 2. The second-order valence-corrected chi connectivity index (χ2v) is 8.37. The molecule has 4 unspecified atom stereocenters. The zero-order chi connectivity index (χ0) is 19.6. The number of carbonyl (C=O) groups is 2. The van der Waals surface area contributed by atoms with E-state index in [4.69, 9.17) is 23.5 Å². The molecule has 13 heteroatoms. The first-order valence-corrected chi connectivity index (χ1v) is 9.70. The molecule has 0 aromatic heterocycles. The lowest BCUT2D eigenvalue weighted by molar-refractivity contribution is -0.247. The van der Waals surface area contributed by atoms with Crippen molar-refractivity contribution in [3.63, 3.8) is 0 Å². The summed E-state index contributed by atoms with van der Waals surface area (Å²) in [6.45, 7) is 0.135. The van der Waals surface area contributed by atoms with Gasteiger partial charge in [-0.25, -0.2) is 4.79 Å². The molecule has 3 heterocycles. The smallest absolute Gasteiger partial charge is 0.463 e. The van der Waals surface area contributed by atoms with E-state index in [0.717, 1.165) is 0 Å². The first-order valence-electron chi connectivity index (χ1n) is 8.26. The van der Waals surface area contributed by atoms with E-state index in [0.29, 0.717) is 0 Å². The minimum atomic E-state index is -5.92. The van der Waals surface area contributed by atoms with Gasteiger partial charge in [-0.05, 0) is 12.8 Å². The lowest BCUT2D eigenvalue weighted by atomic mass is 9.91. The zero-order valence-corrected chi connectivity index (χ0v) is 14.5. The largest absolute Gasteiger partial charge is 0.465 e. The Morgan fingerprint density at radius 1 is 1.26 bits per heavy atom. The van der Waals surface area contributed by atoms with E-state index >= 15 is 0 Å². The maximum absolute atomic E-state index is 13.3. The van der Waals surface area contributed by atoms with Gasteiger partial charge in [-0.3, -0.25) is 9.35 Å². The summed E-state index contributed by atoms with van der Waals surface area (Å²) in [6, 6.07) is 0. The van der Waals surface area contributed by atoms with E-state index in [1.165, 1.54) is 0 Å². The van der Waals surface area contributed by atoms with Crippen molar-refractivity contribution in [2.24, 2.45) is 5.92 Å². The SMILES string of the molecule is O=C1OCC2OC3OC4(CCC(OC(=O)C(F)(F)S(=O)(=O)O)CC4)OC3C12. The Balaban J connectivity index is 1.35. The fraction of sp³-hybridized carbons (Fsp3) is 0.857. The van der Waals surface area contributed by atoms with Crippen LogP contribution in [0.3, 0.4) is 0 Å². The first kappa shape index (κ1) is 18.9. The predicted molar refractivity (Wildman–Crippen MR) is 76.6 cm³/mol. The average molecular weight is 414 g/mol. The van der Waals surface area contributed by atoms with Gasteiger partial charge in [-0.15, -0.1) is 0 Å². The van der Waals surface area contributed by atoms with Crippen LogP contribution in [0.5, 0.6) is 0 Å². The molecule has 4 fully saturated rings. The number of rotatable bonds is 3. The Morgan fingerprint density at radius 3 is 2.56 bits per heavy atom. The highest BCUT2D eigenvalue weighted by Crippen LogP contribution is 2.48. The van der Waals surface area contributed by atoms with Crippen molar-refractivity contribution >= 4 is 22.1 Å². The molecule has 4 rings (SSSR count). The summed E-state index contributed by atoms with van der Waals surface area (Å²) in [7, 11) is -5.92. The van der Waals surface area contributed by atoms with Crippen molar-refractivity contribution in [2.75, 3.05) is 6.61 Å². The normalized spacial score (nSPS) is 41.3. The van der Waals surface area contributed by atoms with Crippen molar-refractivity contribution in [3.05, 3.63) is 0 Å². The Hall–Kier alpha value is -1.41. The van der Waals surface area contributed by atoms with Crippen molar-refractivity contribution in [1.29, 1.82) is 0 Å². The van der Waals surface area contributed by atoms with Crippen LogP contribution in [0.15, 0.2) is 0 Å². The predicted octanol–water partition coefficient (Wildman–Crippen LogP) is -0.0376. The van der Waals surface area contributed by atoms with E-state index in [1.807, 2.05) is 0 Å². The molecule has 10 nitrogen and oxygen atoms in total. The zero-order valence-electron chi connectivity index (χ0n) is 13.7. The minimum absolute atomic E-state index is 0.0608. The van der Waals surface area contributed by atoms with Crippen LogP contribution in [-0.4, -0.2) is 67.2 Å². The molecular weight excluding hydrogens is 398 g/mol. The molecule has 27 heavy (non-hydrogen) atoms. The molecule has 152 valence electrons. The van der Waals surface area contributed by atoms with Gasteiger partial charge in [-0.1, -0.05) is 0 Å². The third-order valence-electron chi connectivity index (χ3n) is 5.21. The molecule has 0 bridgehead atoms. The molecule has 0 radical (unpaired) electrons. The van der Waals surface area contributed by atoms with Crippen LogP contribution in [-0.2, 0) is 43.4 Å². The summed E-state index contributed by atoms with van der Waals surface area (Å²) in [6.07, 6.45) is -2.35. The van der Waals surface area contributed by atoms with Crippen molar-refractivity contribution in [3.8, 4) is 0 Å². The van der Waals surface area contributed by atoms with Gasteiger partial charge in [0.15, 0.2) is 12.1 Å². The third kappa shape index (κ3) is 3.01. The van der Waals surface area contributed by atoms with Crippen LogP contribution in [0.4, 0.5) is 8.78 Å². The molecule has 0 aromatic carbocycles. The van der Waals surface area contributed by atoms with E-state index in [1.54, 1.807) is 0 Å². The van der Waals surface area contributed by atoms with Crippen molar-refractivity contribution in [2.45, 2.75) is 61.3 Å². The minimum Gasteiger partial charge on any atom is -0.463 e. The number of hydrogen-bond acceptors (Lipinski definition) is 9. The van der Waals surface area contributed by atoms with Gasteiger partial charge in [-0.2, -0.15) is 17.2 Å². The fourth-order valence-electron chi connectivity index (χ4n) is 3.83. The van der Waals surface area contributed by atoms with Gasteiger partial charge in [0.25, 0.3) is 0 Å². The second kappa shape index (κ2) is 6.04. The molecule has 0 aromatic rings. The molecule has 4 atom stereocenters. The van der Waals surface area contributed by atoms with E-state index in [-0.39, 0.29) is 32.3 Å². The number of hydrogen-bond donors (Lipinski definition) is 1. The van der Waals surface area contributed by atoms with E-state index < -0.39 is 63.6 Å². The van der Waals surface area contributed by atoms with Gasteiger partial charge in [0.2, 0.25) is 0 Å². The molecular formula is C14H16F2O10S. The summed E-state index contributed by atoms with van der Waals surface area (Å²) in [5.41, 5.74) is 0. The maximum Gasteiger partial charge on any atom is 0.465 e. The lowest BCUT2D eigenvalue weighted by Gasteiger charge is -2.36. The van der Waals surface area contributed by atoms with E-state index in [9.17, 15) is 26.8 Å². The number of fused-ring (bicyclic) bond motifs is 3. The topological polar surface area (TPSA) is 135 Å². The summed E-state index contributed by atoms with van der Waals surface area (Å²) >= 11 is 0.